The fourth-order valence-electron chi connectivity index (χ4n) is 5.59. The standard InChI is InChI=1S/C24H13BN4/c1-2-12-20-14(6-1)16-8-3-10-18-23(16)28(20)21-13-5-7-15-17-9-4-11-19-24(17)29(27-26-19)25(18)22(15)21/h1-13H. The van der Waals surface area contributed by atoms with Crippen LogP contribution in [0.5, 0.6) is 0 Å². The first kappa shape index (κ1) is 14.2. The molecule has 4 nitrogen and oxygen atoms in total. The lowest BCUT2D eigenvalue weighted by atomic mass is 9.46. The van der Waals surface area contributed by atoms with E-state index in [1.54, 1.807) is 0 Å². The van der Waals surface area contributed by atoms with E-state index in [1.807, 2.05) is 0 Å². The normalized spacial score (nSPS) is 13.4. The van der Waals surface area contributed by atoms with Crippen molar-refractivity contribution in [2.45, 2.75) is 0 Å². The van der Waals surface area contributed by atoms with Gasteiger partial charge >= 0.3 is 6.85 Å². The second-order valence-corrected chi connectivity index (χ2v) is 7.94. The minimum Gasteiger partial charge on any atom is -0.310 e. The monoisotopic (exact) mass is 368 g/mol. The molecule has 0 bridgehead atoms. The van der Waals surface area contributed by atoms with Crippen LogP contribution in [-0.2, 0) is 0 Å². The van der Waals surface area contributed by atoms with Gasteiger partial charge < -0.3 is 4.57 Å². The molecular formula is C24H13BN4. The van der Waals surface area contributed by atoms with Gasteiger partial charge in [0.05, 0.1) is 16.6 Å². The third-order valence-corrected chi connectivity index (χ3v) is 6.65. The Morgan fingerprint density at radius 3 is 2.52 bits per heavy atom. The van der Waals surface area contributed by atoms with E-state index in [-0.39, 0.29) is 6.85 Å². The molecular weight excluding hydrogens is 355 g/mol. The number of hydrogen-bond acceptors (Lipinski definition) is 2. The number of hydrogen-bond donors (Lipinski definition) is 0. The minimum absolute atomic E-state index is 0.0432. The molecule has 0 N–H and O–H groups in total. The zero-order valence-corrected chi connectivity index (χ0v) is 15.4. The van der Waals surface area contributed by atoms with E-state index in [0.29, 0.717) is 0 Å². The van der Waals surface area contributed by atoms with Crippen LogP contribution in [-0.4, -0.2) is 26.3 Å². The summed E-state index contributed by atoms with van der Waals surface area (Å²) in [5.41, 5.74) is 11.0. The summed E-state index contributed by atoms with van der Waals surface area (Å²) in [5, 5.41) is 11.7. The van der Waals surface area contributed by atoms with Gasteiger partial charge in [0, 0.05) is 22.0 Å². The zero-order valence-electron chi connectivity index (χ0n) is 15.4. The van der Waals surface area contributed by atoms with Crippen molar-refractivity contribution in [3.63, 3.8) is 0 Å². The SMILES string of the molecule is c1cc2c3c(c1)-n1c4ccccc4c4cccc(c41)B3n1nnc3cccc-2c31. The zero-order chi connectivity index (χ0) is 18.7. The molecule has 5 heteroatoms. The van der Waals surface area contributed by atoms with Gasteiger partial charge in [-0.2, -0.15) is 0 Å². The van der Waals surface area contributed by atoms with E-state index in [4.69, 9.17) is 0 Å². The van der Waals surface area contributed by atoms with Crippen LogP contribution < -0.4 is 10.9 Å². The Morgan fingerprint density at radius 2 is 1.52 bits per heavy atom. The number of rotatable bonds is 0. The first-order chi connectivity index (χ1) is 14.4. The molecule has 0 saturated heterocycles. The van der Waals surface area contributed by atoms with Crippen molar-refractivity contribution in [3.05, 3.63) is 78.9 Å². The molecule has 2 aliphatic heterocycles. The van der Waals surface area contributed by atoms with Gasteiger partial charge in [0.1, 0.15) is 5.52 Å². The Balaban J connectivity index is 1.68. The summed E-state index contributed by atoms with van der Waals surface area (Å²) in [4.78, 5) is 0. The Hall–Kier alpha value is -3.86. The maximum Gasteiger partial charge on any atom is 0.356 e. The molecule has 2 aromatic heterocycles. The van der Waals surface area contributed by atoms with Crippen LogP contribution in [0.1, 0.15) is 0 Å². The largest absolute Gasteiger partial charge is 0.356 e. The van der Waals surface area contributed by atoms with Gasteiger partial charge in [-0.05, 0) is 34.7 Å². The van der Waals surface area contributed by atoms with Gasteiger partial charge in [0.15, 0.2) is 0 Å². The highest BCUT2D eigenvalue weighted by Gasteiger charge is 2.40. The fraction of sp³-hybridized carbons (Fsp3) is 0. The molecule has 0 aliphatic carbocycles. The fourth-order valence-corrected chi connectivity index (χ4v) is 5.59. The molecule has 6 aromatic rings. The average Bonchev–Trinajstić information content (AvgIpc) is 3.35. The van der Waals surface area contributed by atoms with Crippen molar-refractivity contribution in [1.29, 1.82) is 0 Å². The first-order valence-electron chi connectivity index (χ1n) is 9.91. The Kier molecular flexibility index (Phi) is 2.24. The molecule has 2 aliphatic rings. The quantitative estimate of drug-likeness (QED) is 0.384. The smallest absolute Gasteiger partial charge is 0.310 e. The second-order valence-electron chi connectivity index (χ2n) is 7.94. The van der Waals surface area contributed by atoms with Crippen molar-refractivity contribution in [2.75, 3.05) is 0 Å². The maximum atomic E-state index is 4.62. The predicted molar refractivity (Wildman–Crippen MR) is 118 cm³/mol. The molecule has 0 fully saturated rings. The van der Waals surface area contributed by atoms with Crippen LogP contribution in [0.3, 0.4) is 0 Å². The van der Waals surface area contributed by atoms with Crippen molar-refractivity contribution in [1.82, 2.24) is 19.5 Å². The van der Waals surface area contributed by atoms with Crippen molar-refractivity contribution in [2.24, 2.45) is 0 Å². The lowest BCUT2D eigenvalue weighted by molar-refractivity contribution is 0.882. The molecule has 29 heavy (non-hydrogen) atoms. The van der Waals surface area contributed by atoms with Gasteiger partial charge in [-0.25, -0.2) is 0 Å². The Labute approximate surface area is 166 Å². The van der Waals surface area contributed by atoms with Gasteiger partial charge in [0.2, 0.25) is 0 Å². The summed E-state index contributed by atoms with van der Waals surface area (Å²) < 4.78 is 4.57. The van der Waals surface area contributed by atoms with Crippen LogP contribution in [0, 0.1) is 0 Å². The predicted octanol–water partition coefficient (Wildman–Crippen LogP) is 3.48. The van der Waals surface area contributed by atoms with E-state index >= 15 is 0 Å². The topological polar surface area (TPSA) is 35.6 Å². The van der Waals surface area contributed by atoms with Crippen molar-refractivity contribution < 1.29 is 0 Å². The average molecular weight is 368 g/mol. The summed E-state index contributed by atoms with van der Waals surface area (Å²) in [6.07, 6.45) is 0. The minimum atomic E-state index is 0.0432. The van der Waals surface area contributed by atoms with Crippen LogP contribution >= 0.6 is 0 Å². The molecule has 0 radical (unpaired) electrons. The van der Waals surface area contributed by atoms with Crippen LogP contribution in [0.4, 0.5) is 0 Å². The molecule has 0 amide bonds. The molecule has 0 saturated carbocycles. The van der Waals surface area contributed by atoms with E-state index in [9.17, 15) is 0 Å². The molecule has 4 aromatic carbocycles. The first-order valence-corrected chi connectivity index (χ1v) is 9.91. The van der Waals surface area contributed by atoms with E-state index in [1.165, 1.54) is 49.5 Å². The van der Waals surface area contributed by atoms with Crippen molar-refractivity contribution in [3.8, 4) is 16.8 Å². The molecule has 0 unspecified atom stereocenters. The number of para-hydroxylation sites is 3. The van der Waals surface area contributed by atoms with E-state index < -0.39 is 0 Å². The molecule has 0 atom stereocenters. The third kappa shape index (κ3) is 1.46. The molecule has 4 heterocycles. The molecule has 132 valence electrons. The summed E-state index contributed by atoms with van der Waals surface area (Å²) in [6, 6.07) is 28.4. The third-order valence-electron chi connectivity index (χ3n) is 6.65. The molecule has 0 spiro atoms. The highest BCUT2D eigenvalue weighted by molar-refractivity contribution is 6.89. The van der Waals surface area contributed by atoms with Gasteiger partial charge in [-0.1, -0.05) is 65.9 Å². The number of aromatic nitrogens is 4. The second kappa shape index (κ2) is 4.58. The molecule has 8 rings (SSSR count). The summed E-state index contributed by atoms with van der Waals surface area (Å²) in [5.74, 6) is 0. The van der Waals surface area contributed by atoms with Gasteiger partial charge in [-0.3, -0.25) is 4.59 Å². The summed E-state index contributed by atoms with van der Waals surface area (Å²) in [7, 11) is 0. The van der Waals surface area contributed by atoms with Crippen molar-refractivity contribution >= 4 is 50.6 Å². The van der Waals surface area contributed by atoms with Crippen LogP contribution in [0.15, 0.2) is 78.9 Å². The maximum absolute atomic E-state index is 4.62. The van der Waals surface area contributed by atoms with E-state index in [2.05, 4.69) is 98.3 Å². The number of nitrogens with zero attached hydrogens (tertiary/aromatic N) is 4. The lowest BCUT2D eigenvalue weighted by Crippen LogP contribution is -2.55. The Bertz CT molecular complexity index is 1670. The van der Waals surface area contributed by atoms with Crippen LogP contribution in [0.2, 0.25) is 0 Å². The van der Waals surface area contributed by atoms with Crippen LogP contribution in [0.25, 0.3) is 49.7 Å². The lowest BCUT2D eigenvalue weighted by Gasteiger charge is -2.31. The summed E-state index contributed by atoms with van der Waals surface area (Å²) in [6.45, 7) is 0.0432. The number of benzene rings is 4. The van der Waals surface area contributed by atoms with Gasteiger partial charge in [-0.15, -0.1) is 5.10 Å². The highest BCUT2D eigenvalue weighted by Crippen LogP contribution is 2.38. The van der Waals surface area contributed by atoms with Gasteiger partial charge in [0.25, 0.3) is 0 Å². The van der Waals surface area contributed by atoms with E-state index in [0.717, 1.165) is 11.0 Å². The Morgan fingerprint density at radius 1 is 0.690 bits per heavy atom. The number of fused-ring (bicyclic) bond motifs is 7. The summed E-state index contributed by atoms with van der Waals surface area (Å²) >= 11 is 0. The highest BCUT2D eigenvalue weighted by atomic mass is 15.4.